The van der Waals surface area contributed by atoms with Crippen LogP contribution in [0.5, 0.6) is 5.75 Å². The van der Waals surface area contributed by atoms with E-state index in [-0.39, 0.29) is 0 Å². The first-order chi connectivity index (χ1) is 7.63. The number of benzene rings is 1. The second kappa shape index (κ2) is 6.77. The largest absolute Gasteiger partial charge is 0.486 e. The Balaban J connectivity index is 2.34. The third-order valence-electron chi connectivity index (χ3n) is 2.68. The van der Waals surface area contributed by atoms with Crippen molar-refractivity contribution >= 4 is 11.6 Å². The maximum atomic E-state index is 6.03. The molecule has 0 heterocycles. The van der Waals surface area contributed by atoms with Gasteiger partial charge < -0.3 is 10.1 Å². The van der Waals surface area contributed by atoms with Crippen molar-refractivity contribution in [1.82, 2.24) is 0 Å². The maximum absolute atomic E-state index is 6.03. The molecule has 0 unspecified atom stereocenters. The van der Waals surface area contributed by atoms with Crippen molar-refractivity contribution in [2.45, 2.75) is 33.2 Å². The third-order valence-corrected chi connectivity index (χ3v) is 2.99. The summed E-state index contributed by atoms with van der Waals surface area (Å²) < 4.78 is 5.65. The van der Waals surface area contributed by atoms with Gasteiger partial charge in [-0.2, -0.15) is 0 Å². The summed E-state index contributed by atoms with van der Waals surface area (Å²) in [4.78, 5) is 0. The highest BCUT2D eigenvalue weighted by Crippen LogP contribution is 2.24. The van der Waals surface area contributed by atoms with E-state index in [0.29, 0.717) is 17.7 Å². The fourth-order valence-electron chi connectivity index (χ4n) is 1.41. The molecule has 1 aromatic rings. The SMILES string of the molecule is CC[C@H](C)[NH2+]CCOc1cc(C)ccc1Cl. The number of aryl methyl sites for hydroxylation is 1. The van der Waals surface area contributed by atoms with Gasteiger partial charge in [-0.3, -0.25) is 0 Å². The molecular weight excluding hydrogens is 222 g/mol. The van der Waals surface area contributed by atoms with Gasteiger partial charge in [-0.25, -0.2) is 0 Å². The highest BCUT2D eigenvalue weighted by molar-refractivity contribution is 6.32. The minimum atomic E-state index is 0.664. The lowest BCUT2D eigenvalue weighted by molar-refractivity contribution is -0.686. The van der Waals surface area contributed by atoms with E-state index in [2.05, 4.69) is 19.2 Å². The van der Waals surface area contributed by atoms with E-state index in [9.17, 15) is 0 Å². The van der Waals surface area contributed by atoms with E-state index in [4.69, 9.17) is 16.3 Å². The van der Waals surface area contributed by atoms with E-state index in [1.54, 1.807) is 0 Å². The molecule has 0 aliphatic rings. The molecule has 0 fully saturated rings. The average Bonchev–Trinajstić information content (AvgIpc) is 2.28. The van der Waals surface area contributed by atoms with Gasteiger partial charge in [0.1, 0.15) is 18.9 Å². The van der Waals surface area contributed by atoms with Crippen LogP contribution in [0.3, 0.4) is 0 Å². The summed E-state index contributed by atoms with van der Waals surface area (Å²) in [6.07, 6.45) is 1.19. The Morgan fingerprint density at radius 3 is 2.88 bits per heavy atom. The molecule has 0 amide bonds. The zero-order valence-electron chi connectivity index (χ0n) is 10.3. The molecule has 0 saturated carbocycles. The summed E-state index contributed by atoms with van der Waals surface area (Å²) in [5.74, 6) is 0.791. The Hall–Kier alpha value is -0.730. The summed E-state index contributed by atoms with van der Waals surface area (Å²) in [6.45, 7) is 8.13. The van der Waals surface area contributed by atoms with E-state index in [1.807, 2.05) is 25.1 Å². The first-order valence-corrected chi connectivity index (χ1v) is 6.23. The summed E-state index contributed by atoms with van der Waals surface area (Å²) in [5.41, 5.74) is 1.17. The third kappa shape index (κ3) is 4.42. The van der Waals surface area contributed by atoms with Crippen molar-refractivity contribution < 1.29 is 10.1 Å². The van der Waals surface area contributed by atoms with Crippen LogP contribution in [0.25, 0.3) is 0 Å². The van der Waals surface area contributed by atoms with Gasteiger partial charge in [-0.1, -0.05) is 24.6 Å². The molecule has 2 N–H and O–H groups in total. The van der Waals surface area contributed by atoms with Gasteiger partial charge in [-0.15, -0.1) is 0 Å². The van der Waals surface area contributed by atoms with E-state index in [1.165, 1.54) is 12.0 Å². The van der Waals surface area contributed by atoms with Crippen LogP contribution in [0, 0.1) is 6.92 Å². The van der Waals surface area contributed by atoms with Crippen LogP contribution < -0.4 is 10.1 Å². The lowest BCUT2D eigenvalue weighted by atomic mass is 10.2. The van der Waals surface area contributed by atoms with E-state index < -0.39 is 0 Å². The Morgan fingerprint density at radius 2 is 2.19 bits per heavy atom. The molecule has 1 rings (SSSR count). The highest BCUT2D eigenvalue weighted by Gasteiger charge is 2.03. The Morgan fingerprint density at radius 1 is 1.44 bits per heavy atom. The zero-order chi connectivity index (χ0) is 12.0. The number of nitrogens with two attached hydrogens (primary N) is 1. The lowest BCUT2D eigenvalue weighted by Gasteiger charge is -2.10. The minimum Gasteiger partial charge on any atom is -0.486 e. The maximum Gasteiger partial charge on any atom is 0.138 e. The van der Waals surface area contributed by atoms with Crippen LogP contribution in [0.2, 0.25) is 5.02 Å². The molecule has 0 aromatic heterocycles. The first-order valence-electron chi connectivity index (χ1n) is 5.85. The predicted molar refractivity (Wildman–Crippen MR) is 68.2 cm³/mol. The summed E-state index contributed by atoms with van der Waals surface area (Å²) in [5, 5.41) is 2.98. The van der Waals surface area contributed by atoms with Crippen molar-refractivity contribution in [3.05, 3.63) is 28.8 Å². The molecule has 0 spiro atoms. The van der Waals surface area contributed by atoms with Crippen molar-refractivity contribution in [3.63, 3.8) is 0 Å². The number of hydrogen-bond acceptors (Lipinski definition) is 1. The molecule has 0 saturated heterocycles. The van der Waals surface area contributed by atoms with Crippen LogP contribution in [0.15, 0.2) is 18.2 Å². The first kappa shape index (κ1) is 13.3. The molecule has 0 bridgehead atoms. The van der Waals surface area contributed by atoms with Crippen molar-refractivity contribution in [3.8, 4) is 5.75 Å². The smallest absolute Gasteiger partial charge is 0.138 e. The van der Waals surface area contributed by atoms with Gasteiger partial charge >= 0.3 is 0 Å². The molecule has 0 aliphatic heterocycles. The normalized spacial score (nSPS) is 12.5. The molecule has 3 heteroatoms. The number of hydrogen-bond donors (Lipinski definition) is 1. The molecule has 1 atom stereocenters. The monoisotopic (exact) mass is 242 g/mol. The quantitative estimate of drug-likeness (QED) is 0.762. The minimum absolute atomic E-state index is 0.664. The molecule has 2 nitrogen and oxygen atoms in total. The van der Waals surface area contributed by atoms with Crippen molar-refractivity contribution in [1.29, 1.82) is 0 Å². The number of quaternary nitrogens is 1. The van der Waals surface area contributed by atoms with Gasteiger partial charge in [0.2, 0.25) is 0 Å². The Labute approximate surface area is 103 Å². The van der Waals surface area contributed by atoms with Crippen LogP contribution >= 0.6 is 11.6 Å². The topological polar surface area (TPSA) is 25.8 Å². The van der Waals surface area contributed by atoms with Crippen LogP contribution in [0.1, 0.15) is 25.8 Å². The lowest BCUT2D eigenvalue weighted by Crippen LogP contribution is -2.90. The average molecular weight is 243 g/mol. The molecule has 90 valence electrons. The van der Waals surface area contributed by atoms with Gasteiger partial charge in [0.05, 0.1) is 11.1 Å². The second-order valence-corrected chi connectivity index (χ2v) is 4.60. The van der Waals surface area contributed by atoms with E-state index in [0.717, 1.165) is 12.3 Å². The fraction of sp³-hybridized carbons (Fsp3) is 0.538. The van der Waals surface area contributed by atoms with Crippen molar-refractivity contribution in [2.24, 2.45) is 0 Å². The van der Waals surface area contributed by atoms with Crippen LogP contribution in [0.4, 0.5) is 0 Å². The Bertz CT molecular complexity index is 328. The number of halogens is 1. The van der Waals surface area contributed by atoms with Gasteiger partial charge in [0, 0.05) is 0 Å². The van der Waals surface area contributed by atoms with Crippen LogP contribution in [-0.2, 0) is 0 Å². The van der Waals surface area contributed by atoms with Crippen molar-refractivity contribution in [2.75, 3.05) is 13.2 Å². The van der Waals surface area contributed by atoms with Gasteiger partial charge in [-0.05, 0) is 38.0 Å². The summed E-state index contributed by atoms with van der Waals surface area (Å²) in [6, 6.07) is 6.51. The molecule has 0 radical (unpaired) electrons. The number of ether oxygens (including phenoxy) is 1. The molecule has 1 aromatic carbocycles. The van der Waals surface area contributed by atoms with Crippen LogP contribution in [-0.4, -0.2) is 19.2 Å². The molecule has 0 aliphatic carbocycles. The fourth-order valence-corrected chi connectivity index (χ4v) is 1.58. The van der Waals surface area contributed by atoms with Gasteiger partial charge in [0.25, 0.3) is 0 Å². The standard InChI is InChI=1S/C13H20ClNO/c1-4-11(3)15-7-8-16-13-9-10(2)5-6-12(13)14/h5-6,9,11,15H,4,7-8H2,1-3H3/p+1/t11-/m0/s1. The summed E-state index contributed by atoms with van der Waals surface area (Å²) >= 11 is 6.03. The predicted octanol–water partition coefficient (Wildman–Crippen LogP) is 2.39. The Kier molecular flexibility index (Phi) is 5.64. The second-order valence-electron chi connectivity index (χ2n) is 4.19. The summed E-state index contributed by atoms with van der Waals surface area (Å²) in [7, 11) is 0. The highest BCUT2D eigenvalue weighted by atomic mass is 35.5. The zero-order valence-corrected chi connectivity index (χ0v) is 11.1. The van der Waals surface area contributed by atoms with E-state index >= 15 is 0 Å². The molecule has 16 heavy (non-hydrogen) atoms. The number of rotatable bonds is 6. The molecular formula is C13H21ClNO+. The van der Waals surface area contributed by atoms with Gasteiger partial charge in [0.15, 0.2) is 0 Å².